The van der Waals surface area contributed by atoms with Crippen molar-refractivity contribution in [1.82, 2.24) is 10.6 Å². The lowest BCUT2D eigenvalue weighted by molar-refractivity contribution is -0.129. The molecule has 0 aliphatic heterocycles. The van der Waals surface area contributed by atoms with Gasteiger partial charge in [0.1, 0.15) is 6.04 Å². The van der Waals surface area contributed by atoms with Crippen molar-refractivity contribution in [3.63, 3.8) is 0 Å². The minimum atomic E-state index is -0.485. The van der Waals surface area contributed by atoms with Gasteiger partial charge in [-0.3, -0.25) is 9.59 Å². The smallest absolute Gasteiger partial charge is 0.242 e. The lowest BCUT2D eigenvalue weighted by Crippen LogP contribution is -2.50. The second kappa shape index (κ2) is 9.18. The Balaban J connectivity index is 2.56. The highest BCUT2D eigenvalue weighted by atomic mass is 16.2. The third-order valence-electron chi connectivity index (χ3n) is 3.74. The summed E-state index contributed by atoms with van der Waals surface area (Å²) in [5.74, 6) is -0.262. The van der Waals surface area contributed by atoms with E-state index in [2.05, 4.69) is 47.6 Å². The second-order valence-corrected chi connectivity index (χ2v) is 6.13. The molecule has 128 valence electrons. The minimum absolute atomic E-state index is 0.0537. The summed E-state index contributed by atoms with van der Waals surface area (Å²) in [6.07, 6.45) is 0. The largest absolute Gasteiger partial charge is 0.370 e. The Morgan fingerprint density at radius 3 is 2.48 bits per heavy atom. The molecule has 0 fully saturated rings. The first kappa shape index (κ1) is 19.0. The Hall–Kier alpha value is -2.04. The number of nitrogens with zero attached hydrogens (tertiary/aromatic N) is 1. The van der Waals surface area contributed by atoms with Crippen LogP contribution in [0.15, 0.2) is 24.3 Å². The fourth-order valence-corrected chi connectivity index (χ4v) is 2.47. The maximum absolute atomic E-state index is 12.2. The number of benzene rings is 1. The molecule has 1 aromatic rings. The van der Waals surface area contributed by atoms with E-state index in [1.807, 2.05) is 19.9 Å². The highest BCUT2D eigenvalue weighted by Crippen LogP contribution is 2.15. The van der Waals surface area contributed by atoms with Crippen LogP contribution in [0.3, 0.4) is 0 Å². The number of nitrogens with one attached hydrogen (secondary N) is 2. The predicted molar refractivity (Wildman–Crippen MR) is 94.5 cm³/mol. The summed E-state index contributed by atoms with van der Waals surface area (Å²) in [5, 5.41) is 5.63. The van der Waals surface area contributed by atoms with Gasteiger partial charge in [-0.05, 0) is 37.5 Å². The summed E-state index contributed by atoms with van der Waals surface area (Å²) in [5.41, 5.74) is 2.37. The molecule has 2 amide bonds. The first-order valence-corrected chi connectivity index (χ1v) is 8.21. The standard InChI is InChI=1S/C18H29N3O2/c1-6-21(16-9-7-8-14(4)12-16)11-10-19-18(23)17(13(2)3)20-15(5)22/h7-9,12-13,17H,6,10-11H2,1-5H3,(H,19,23)(H,20,22)/t17-/m0/s1. The van der Waals surface area contributed by atoms with Gasteiger partial charge in [-0.15, -0.1) is 0 Å². The summed E-state index contributed by atoms with van der Waals surface area (Å²) >= 11 is 0. The number of likely N-dealkylation sites (N-methyl/N-ethyl adjacent to an activating group) is 1. The van der Waals surface area contributed by atoms with Crippen molar-refractivity contribution in [3.05, 3.63) is 29.8 Å². The Morgan fingerprint density at radius 1 is 1.26 bits per heavy atom. The van der Waals surface area contributed by atoms with Gasteiger partial charge < -0.3 is 15.5 Å². The molecule has 0 heterocycles. The third-order valence-corrected chi connectivity index (χ3v) is 3.74. The zero-order chi connectivity index (χ0) is 17.4. The van der Waals surface area contributed by atoms with Crippen molar-refractivity contribution in [2.24, 2.45) is 5.92 Å². The summed E-state index contributed by atoms with van der Waals surface area (Å²) in [6, 6.07) is 7.84. The molecule has 0 aliphatic rings. The molecule has 2 N–H and O–H groups in total. The molecular formula is C18H29N3O2. The van der Waals surface area contributed by atoms with E-state index in [0.29, 0.717) is 6.54 Å². The Labute approximate surface area is 139 Å². The van der Waals surface area contributed by atoms with Crippen LogP contribution < -0.4 is 15.5 Å². The van der Waals surface area contributed by atoms with Crippen molar-refractivity contribution in [1.29, 1.82) is 0 Å². The van der Waals surface area contributed by atoms with Gasteiger partial charge in [0, 0.05) is 32.2 Å². The number of hydrogen-bond acceptors (Lipinski definition) is 3. The maximum Gasteiger partial charge on any atom is 0.242 e. The third kappa shape index (κ3) is 6.30. The molecule has 0 spiro atoms. The van der Waals surface area contributed by atoms with Gasteiger partial charge in [-0.25, -0.2) is 0 Å². The van der Waals surface area contributed by atoms with Crippen LogP contribution in [0.2, 0.25) is 0 Å². The van der Waals surface area contributed by atoms with Gasteiger partial charge in [0.25, 0.3) is 0 Å². The second-order valence-electron chi connectivity index (χ2n) is 6.13. The van der Waals surface area contributed by atoms with E-state index in [1.54, 1.807) is 0 Å². The van der Waals surface area contributed by atoms with E-state index >= 15 is 0 Å². The van der Waals surface area contributed by atoms with Gasteiger partial charge in [0.15, 0.2) is 0 Å². The Bertz CT molecular complexity index is 529. The minimum Gasteiger partial charge on any atom is -0.370 e. The van der Waals surface area contributed by atoms with Crippen LogP contribution in [0.4, 0.5) is 5.69 Å². The molecule has 0 aliphatic carbocycles. The zero-order valence-electron chi connectivity index (χ0n) is 14.8. The predicted octanol–water partition coefficient (Wildman–Crippen LogP) is 2.10. The number of amides is 2. The van der Waals surface area contributed by atoms with E-state index < -0.39 is 6.04 Å². The quantitative estimate of drug-likeness (QED) is 0.771. The SMILES string of the molecule is CCN(CCNC(=O)[C@@H](NC(C)=O)C(C)C)c1cccc(C)c1. The number of carbonyl (C=O) groups excluding carboxylic acids is 2. The molecule has 0 bridgehead atoms. The summed E-state index contributed by atoms with van der Waals surface area (Å²) in [6.45, 7) is 11.6. The molecule has 5 nitrogen and oxygen atoms in total. The van der Waals surface area contributed by atoms with E-state index in [0.717, 1.165) is 18.8 Å². The summed E-state index contributed by atoms with van der Waals surface area (Å²) in [7, 11) is 0. The van der Waals surface area contributed by atoms with Crippen LogP contribution in [0.25, 0.3) is 0 Å². The Kier molecular flexibility index (Phi) is 7.59. The molecular weight excluding hydrogens is 290 g/mol. The molecule has 0 saturated heterocycles. The normalized spacial score (nSPS) is 11.9. The van der Waals surface area contributed by atoms with E-state index in [-0.39, 0.29) is 17.7 Å². The summed E-state index contributed by atoms with van der Waals surface area (Å²) < 4.78 is 0. The molecule has 0 unspecified atom stereocenters. The van der Waals surface area contributed by atoms with Crippen LogP contribution in [0.5, 0.6) is 0 Å². The van der Waals surface area contributed by atoms with Crippen LogP contribution in [-0.2, 0) is 9.59 Å². The highest BCUT2D eigenvalue weighted by Gasteiger charge is 2.22. The number of carbonyl (C=O) groups is 2. The average molecular weight is 319 g/mol. The molecule has 1 aromatic carbocycles. The lowest BCUT2D eigenvalue weighted by atomic mass is 10.0. The van der Waals surface area contributed by atoms with E-state index in [9.17, 15) is 9.59 Å². The van der Waals surface area contributed by atoms with Gasteiger partial charge in [-0.1, -0.05) is 26.0 Å². The van der Waals surface area contributed by atoms with Crippen molar-refractivity contribution in [3.8, 4) is 0 Å². The summed E-state index contributed by atoms with van der Waals surface area (Å²) in [4.78, 5) is 25.7. The molecule has 23 heavy (non-hydrogen) atoms. The monoisotopic (exact) mass is 319 g/mol. The molecule has 0 aromatic heterocycles. The van der Waals surface area contributed by atoms with Crippen molar-refractivity contribution < 1.29 is 9.59 Å². The van der Waals surface area contributed by atoms with Crippen molar-refractivity contribution >= 4 is 17.5 Å². The molecule has 1 atom stereocenters. The lowest BCUT2D eigenvalue weighted by Gasteiger charge is -2.25. The number of anilines is 1. The number of aryl methyl sites for hydroxylation is 1. The van der Waals surface area contributed by atoms with Crippen molar-refractivity contribution in [2.75, 3.05) is 24.5 Å². The number of rotatable bonds is 8. The van der Waals surface area contributed by atoms with Crippen LogP contribution in [0.1, 0.15) is 33.3 Å². The Morgan fingerprint density at radius 2 is 1.96 bits per heavy atom. The van der Waals surface area contributed by atoms with Gasteiger partial charge >= 0.3 is 0 Å². The van der Waals surface area contributed by atoms with Crippen LogP contribution in [0, 0.1) is 12.8 Å². The van der Waals surface area contributed by atoms with Gasteiger partial charge in [-0.2, -0.15) is 0 Å². The van der Waals surface area contributed by atoms with Gasteiger partial charge in [0.05, 0.1) is 0 Å². The maximum atomic E-state index is 12.2. The topological polar surface area (TPSA) is 61.4 Å². The average Bonchev–Trinajstić information content (AvgIpc) is 2.48. The first-order valence-electron chi connectivity index (χ1n) is 8.21. The fourth-order valence-electron chi connectivity index (χ4n) is 2.47. The first-order chi connectivity index (χ1) is 10.8. The van der Waals surface area contributed by atoms with E-state index in [1.165, 1.54) is 12.5 Å². The van der Waals surface area contributed by atoms with E-state index in [4.69, 9.17) is 0 Å². The molecule has 5 heteroatoms. The van der Waals surface area contributed by atoms with Crippen LogP contribution in [-0.4, -0.2) is 37.5 Å². The zero-order valence-corrected chi connectivity index (χ0v) is 14.8. The molecule has 1 rings (SSSR count). The molecule has 0 radical (unpaired) electrons. The van der Waals surface area contributed by atoms with Crippen molar-refractivity contribution in [2.45, 2.75) is 40.7 Å². The fraction of sp³-hybridized carbons (Fsp3) is 0.556. The van der Waals surface area contributed by atoms with Crippen LogP contribution >= 0.6 is 0 Å². The molecule has 0 saturated carbocycles. The van der Waals surface area contributed by atoms with Gasteiger partial charge in [0.2, 0.25) is 11.8 Å². The highest BCUT2D eigenvalue weighted by molar-refractivity contribution is 5.87. The number of hydrogen-bond donors (Lipinski definition) is 2.